The summed E-state index contributed by atoms with van der Waals surface area (Å²) in [6, 6.07) is 7.96. The molecule has 3 aromatic rings. The van der Waals surface area contributed by atoms with Gasteiger partial charge in [-0.1, -0.05) is 6.92 Å². The number of nitrogens with one attached hydrogen (secondary N) is 1. The second-order valence-electron chi connectivity index (χ2n) is 7.98. The minimum absolute atomic E-state index is 0.194. The zero-order chi connectivity index (χ0) is 23.0. The van der Waals surface area contributed by atoms with Crippen LogP contribution in [-0.4, -0.2) is 72.0 Å². The van der Waals surface area contributed by atoms with Crippen LogP contribution in [0, 0.1) is 5.82 Å². The second-order valence-corrected chi connectivity index (χ2v) is 7.98. The molecule has 0 amide bonds. The first kappa shape index (κ1) is 23.3. The fourth-order valence-electron chi connectivity index (χ4n) is 3.82. The lowest BCUT2D eigenvalue weighted by Crippen LogP contribution is -2.39. The maximum atomic E-state index is 13.3. The number of rotatable bonds is 10. The van der Waals surface area contributed by atoms with Crippen LogP contribution in [0.4, 0.5) is 10.2 Å². The van der Waals surface area contributed by atoms with Crippen molar-refractivity contribution in [3.8, 4) is 11.3 Å². The number of morpholine rings is 1. The van der Waals surface area contributed by atoms with Crippen LogP contribution >= 0.6 is 0 Å². The Kier molecular flexibility index (Phi) is 7.98. The van der Waals surface area contributed by atoms with Gasteiger partial charge in [0, 0.05) is 44.9 Å². The molecule has 33 heavy (non-hydrogen) atoms. The van der Waals surface area contributed by atoms with Gasteiger partial charge in [0.05, 0.1) is 37.2 Å². The lowest BCUT2D eigenvalue weighted by Gasteiger charge is -2.26. The van der Waals surface area contributed by atoms with E-state index in [1.165, 1.54) is 12.1 Å². The van der Waals surface area contributed by atoms with E-state index in [-0.39, 0.29) is 11.4 Å². The van der Waals surface area contributed by atoms with Crippen LogP contribution in [0.5, 0.6) is 0 Å². The number of benzene rings is 1. The molecule has 1 aromatic carbocycles. The molecule has 0 atom stereocenters. The largest absolute Gasteiger partial charge is 0.380 e. The minimum Gasteiger partial charge on any atom is -0.380 e. The topological polar surface area (TPSA) is 81.5 Å². The number of aromatic nitrogens is 3. The summed E-state index contributed by atoms with van der Waals surface area (Å²) in [5.41, 5.74) is 2.52. The van der Waals surface area contributed by atoms with Crippen molar-refractivity contribution in [2.75, 3.05) is 57.9 Å². The molecule has 1 aliphatic heterocycles. The van der Waals surface area contributed by atoms with Crippen molar-refractivity contribution in [1.29, 1.82) is 0 Å². The van der Waals surface area contributed by atoms with Gasteiger partial charge in [0.25, 0.3) is 5.56 Å². The Morgan fingerprint density at radius 3 is 2.70 bits per heavy atom. The normalized spacial score (nSPS) is 14.6. The van der Waals surface area contributed by atoms with Crippen molar-refractivity contribution < 1.29 is 13.9 Å². The summed E-state index contributed by atoms with van der Waals surface area (Å²) in [5, 5.41) is 3.21. The molecule has 1 saturated heterocycles. The summed E-state index contributed by atoms with van der Waals surface area (Å²) < 4.78 is 26.0. The molecule has 4 rings (SSSR count). The first-order chi connectivity index (χ1) is 16.2. The number of hydrogen-bond acceptors (Lipinski definition) is 7. The molecule has 0 aliphatic carbocycles. The fraction of sp³-hybridized carbons (Fsp3) is 0.458. The van der Waals surface area contributed by atoms with Gasteiger partial charge < -0.3 is 19.4 Å². The lowest BCUT2D eigenvalue weighted by molar-refractivity contribution is 0.0398. The molecular weight excluding hydrogens is 425 g/mol. The molecule has 0 saturated carbocycles. The van der Waals surface area contributed by atoms with Crippen LogP contribution < -0.4 is 10.9 Å². The number of fused-ring (bicyclic) bond motifs is 1. The summed E-state index contributed by atoms with van der Waals surface area (Å²) in [6.07, 6.45) is 2.57. The lowest BCUT2D eigenvalue weighted by atomic mass is 10.1. The van der Waals surface area contributed by atoms with Crippen molar-refractivity contribution in [1.82, 2.24) is 19.4 Å². The Morgan fingerprint density at radius 1 is 1.15 bits per heavy atom. The van der Waals surface area contributed by atoms with E-state index in [2.05, 4.69) is 20.2 Å². The fourth-order valence-corrected chi connectivity index (χ4v) is 3.82. The molecule has 1 N–H and O–H groups in total. The van der Waals surface area contributed by atoms with E-state index >= 15 is 0 Å². The Labute approximate surface area is 192 Å². The van der Waals surface area contributed by atoms with E-state index < -0.39 is 0 Å². The Bertz CT molecular complexity index is 1110. The summed E-state index contributed by atoms with van der Waals surface area (Å²) in [4.78, 5) is 24.7. The maximum Gasteiger partial charge on any atom is 0.293 e. The van der Waals surface area contributed by atoms with E-state index in [9.17, 15) is 9.18 Å². The number of pyridine rings is 1. The van der Waals surface area contributed by atoms with Crippen LogP contribution in [-0.2, 0) is 16.0 Å². The highest BCUT2D eigenvalue weighted by atomic mass is 19.1. The Balaban J connectivity index is 1.61. The SMILES string of the molecule is CCCOCCn1c(=O)c(NCCN2CCOCC2)nc2cnc(-c3ccc(F)cc3)cc21. The van der Waals surface area contributed by atoms with Gasteiger partial charge >= 0.3 is 0 Å². The summed E-state index contributed by atoms with van der Waals surface area (Å²) >= 11 is 0. The average molecular weight is 456 g/mol. The molecular formula is C24H30FN5O3. The van der Waals surface area contributed by atoms with Crippen LogP contribution in [0.1, 0.15) is 13.3 Å². The average Bonchev–Trinajstić information content (AvgIpc) is 2.84. The first-order valence-electron chi connectivity index (χ1n) is 11.4. The highest BCUT2D eigenvalue weighted by Crippen LogP contribution is 2.21. The van der Waals surface area contributed by atoms with Crippen LogP contribution in [0.3, 0.4) is 0 Å². The highest BCUT2D eigenvalue weighted by Gasteiger charge is 2.14. The standard InChI is InChI=1S/C24H30FN5O3/c1-2-12-32-15-11-30-22-16-20(18-3-5-19(25)6-4-18)27-17-21(22)28-23(24(30)31)26-7-8-29-9-13-33-14-10-29/h3-6,16-17H,2,7-15H2,1H3,(H,26,28). The molecule has 2 aromatic heterocycles. The molecule has 0 unspecified atom stereocenters. The molecule has 1 aliphatic rings. The monoisotopic (exact) mass is 455 g/mol. The van der Waals surface area contributed by atoms with Gasteiger partial charge in [0.15, 0.2) is 5.82 Å². The molecule has 0 spiro atoms. The Hall–Kier alpha value is -2.88. The maximum absolute atomic E-state index is 13.3. The molecule has 0 radical (unpaired) electrons. The minimum atomic E-state index is -0.306. The quantitative estimate of drug-likeness (QED) is 0.471. The first-order valence-corrected chi connectivity index (χ1v) is 11.4. The van der Waals surface area contributed by atoms with E-state index in [0.29, 0.717) is 48.8 Å². The molecule has 0 bridgehead atoms. The number of anilines is 1. The second kappa shape index (κ2) is 11.3. The van der Waals surface area contributed by atoms with Crippen molar-refractivity contribution in [3.63, 3.8) is 0 Å². The number of nitrogens with zero attached hydrogens (tertiary/aromatic N) is 4. The highest BCUT2D eigenvalue weighted by molar-refractivity contribution is 5.80. The molecule has 9 heteroatoms. The van der Waals surface area contributed by atoms with Crippen LogP contribution in [0.2, 0.25) is 0 Å². The molecule has 176 valence electrons. The van der Waals surface area contributed by atoms with Gasteiger partial charge in [-0.15, -0.1) is 0 Å². The predicted molar refractivity (Wildman–Crippen MR) is 126 cm³/mol. The van der Waals surface area contributed by atoms with Crippen molar-refractivity contribution in [2.45, 2.75) is 19.9 Å². The van der Waals surface area contributed by atoms with Crippen molar-refractivity contribution in [2.24, 2.45) is 0 Å². The third-order valence-corrected chi connectivity index (χ3v) is 5.60. The van der Waals surface area contributed by atoms with E-state index in [1.54, 1.807) is 22.9 Å². The van der Waals surface area contributed by atoms with E-state index in [0.717, 1.165) is 44.8 Å². The van der Waals surface area contributed by atoms with Gasteiger partial charge in [-0.3, -0.25) is 14.7 Å². The van der Waals surface area contributed by atoms with Gasteiger partial charge in [0.2, 0.25) is 0 Å². The smallest absolute Gasteiger partial charge is 0.293 e. The van der Waals surface area contributed by atoms with E-state index in [4.69, 9.17) is 9.47 Å². The third-order valence-electron chi connectivity index (χ3n) is 5.60. The predicted octanol–water partition coefficient (Wildman–Crippen LogP) is 2.77. The summed E-state index contributed by atoms with van der Waals surface area (Å²) in [7, 11) is 0. The Morgan fingerprint density at radius 2 is 1.94 bits per heavy atom. The van der Waals surface area contributed by atoms with Crippen LogP contribution in [0.15, 0.2) is 41.3 Å². The summed E-state index contributed by atoms with van der Waals surface area (Å²) in [6.45, 7) is 8.20. The molecule has 8 nitrogen and oxygen atoms in total. The molecule has 1 fully saturated rings. The van der Waals surface area contributed by atoms with Gasteiger partial charge in [-0.2, -0.15) is 0 Å². The van der Waals surface area contributed by atoms with Crippen molar-refractivity contribution >= 4 is 16.9 Å². The summed E-state index contributed by atoms with van der Waals surface area (Å²) in [5.74, 6) is 0.00145. The zero-order valence-corrected chi connectivity index (χ0v) is 18.9. The van der Waals surface area contributed by atoms with Gasteiger partial charge in [-0.05, 0) is 36.8 Å². The van der Waals surface area contributed by atoms with Gasteiger partial charge in [-0.25, -0.2) is 9.37 Å². The number of hydrogen-bond donors (Lipinski definition) is 1. The van der Waals surface area contributed by atoms with Crippen molar-refractivity contribution in [3.05, 3.63) is 52.7 Å². The van der Waals surface area contributed by atoms with E-state index in [1.807, 2.05) is 13.0 Å². The number of halogens is 1. The third kappa shape index (κ3) is 5.93. The van der Waals surface area contributed by atoms with Crippen LogP contribution in [0.25, 0.3) is 22.3 Å². The molecule has 3 heterocycles. The van der Waals surface area contributed by atoms with Gasteiger partial charge in [0.1, 0.15) is 11.3 Å². The zero-order valence-electron chi connectivity index (χ0n) is 18.9. The number of ether oxygens (including phenoxy) is 2.